The van der Waals surface area contributed by atoms with Crippen LogP contribution < -0.4 is 5.32 Å². The van der Waals surface area contributed by atoms with Gasteiger partial charge in [-0.1, -0.05) is 79.1 Å². The summed E-state index contributed by atoms with van der Waals surface area (Å²) < 4.78 is 47.0. The van der Waals surface area contributed by atoms with Crippen molar-refractivity contribution >= 4 is 79.8 Å². The molecule has 0 radical (unpaired) electrons. The standard InChI is InChI=1S/C25H24BrCl3F3NO2S/c1-4-13(2)23(36)21(12-35-3)33-24(34)16-7-5-14(9-18(16)26)6-8-17(25(30,31)32)15-10-19(27)22(29)20(28)11-15/h5-11,13,17,21H,4,12H2,1-3H3,(H,33,34). The van der Waals surface area contributed by atoms with Crippen LogP contribution in [0.25, 0.3) is 6.08 Å². The highest BCUT2D eigenvalue weighted by atomic mass is 79.9. The number of hydrogen-bond acceptors (Lipinski definition) is 3. The summed E-state index contributed by atoms with van der Waals surface area (Å²) >= 11 is 26.6. The van der Waals surface area contributed by atoms with Crippen LogP contribution in [0.4, 0.5) is 13.2 Å². The monoisotopic (exact) mass is 643 g/mol. The smallest absolute Gasteiger partial charge is 0.382 e. The van der Waals surface area contributed by atoms with Crippen LogP contribution in [0.15, 0.2) is 40.9 Å². The Morgan fingerprint density at radius 2 is 1.81 bits per heavy atom. The number of amides is 1. The summed E-state index contributed by atoms with van der Waals surface area (Å²) in [6.07, 6.45) is -1.46. The number of allylic oxidation sites excluding steroid dienone is 1. The lowest BCUT2D eigenvalue weighted by atomic mass is 9.97. The molecule has 0 bridgehead atoms. The third-order valence-corrected chi connectivity index (χ3v) is 8.06. The van der Waals surface area contributed by atoms with Crippen molar-refractivity contribution in [3.8, 4) is 0 Å². The Kier molecular flexibility index (Phi) is 11.7. The molecule has 2 aromatic carbocycles. The van der Waals surface area contributed by atoms with Gasteiger partial charge in [0.15, 0.2) is 0 Å². The Hall–Kier alpha value is -1.16. The zero-order valence-corrected chi connectivity index (χ0v) is 24.2. The minimum absolute atomic E-state index is 0.0116. The summed E-state index contributed by atoms with van der Waals surface area (Å²) in [6, 6.07) is 6.45. The predicted molar refractivity (Wildman–Crippen MR) is 149 cm³/mol. The molecule has 0 saturated heterocycles. The minimum atomic E-state index is -4.60. The van der Waals surface area contributed by atoms with E-state index in [-0.39, 0.29) is 39.1 Å². The fourth-order valence-electron chi connectivity index (χ4n) is 3.33. The number of rotatable bonds is 10. The van der Waals surface area contributed by atoms with Gasteiger partial charge in [0.05, 0.1) is 39.2 Å². The third kappa shape index (κ3) is 8.17. The van der Waals surface area contributed by atoms with Crippen LogP contribution in [-0.2, 0) is 4.74 Å². The van der Waals surface area contributed by atoms with Gasteiger partial charge in [-0.2, -0.15) is 13.2 Å². The van der Waals surface area contributed by atoms with E-state index in [2.05, 4.69) is 21.2 Å². The molecule has 3 unspecified atom stereocenters. The van der Waals surface area contributed by atoms with E-state index in [1.807, 2.05) is 13.8 Å². The van der Waals surface area contributed by atoms with Crippen molar-refractivity contribution in [2.45, 2.75) is 38.4 Å². The number of benzene rings is 2. The van der Waals surface area contributed by atoms with Crippen LogP contribution >= 0.6 is 63.0 Å². The van der Waals surface area contributed by atoms with Crippen LogP contribution in [-0.4, -0.2) is 36.7 Å². The molecule has 196 valence electrons. The molecule has 0 aliphatic heterocycles. The normalized spacial score (nSPS) is 14.5. The van der Waals surface area contributed by atoms with Crippen molar-refractivity contribution in [2.24, 2.45) is 5.92 Å². The highest BCUT2D eigenvalue weighted by Gasteiger charge is 2.39. The molecule has 0 spiro atoms. The van der Waals surface area contributed by atoms with Crippen molar-refractivity contribution in [2.75, 3.05) is 13.7 Å². The maximum Gasteiger partial charge on any atom is 0.399 e. The van der Waals surface area contributed by atoms with Gasteiger partial charge in [0.25, 0.3) is 5.91 Å². The number of ether oxygens (including phenoxy) is 1. The molecule has 3 atom stereocenters. The molecule has 0 aliphatic rings. The summed E-state index contributed by atoms with van der Waals surface area (Å²) in [4.78, 5) is 13.6. The number of nitrogens with one attached hydrogen (secondary N) is 1. The lowest BCUT2D eigenvalue weighted by molar-refractivity contribution is -0.139. The number of alkyl halides is 3. The van der Waals surface area contributed by atoms with E-state index in [1.165, 1.54) is 19.3 Å². The van der Waals surface area contributed by atoms with Crippen LogP contribution in [0.5, 0.6) is 0 Å². The third-order valence-electron chi connectivity index (χ3n) is 5.52. The first-order chi connectivity index (χ1) is 16.8. The lowest BCUT2D eigenvalue weighted by Crippen LogP contribution is -2.45. The van der Waals surface area contributed by atoms with Crippen molar-refractivity contribution < 1.29 is 22.7 Å². The molecule has 1 N–H and O–H groups in total. The molecule has 0 fully saturated rings. The largest absolute Gasteiger partial charge is 0.399 e. The second kappa shape index (κ2) is 13.6. The Morgan fingerprint density at radius 3 is 2.31 bits per heavy atom. The molecule has 2 rings (SSSR count). The van der Waals surface area contributed by atoms with Gasteiger partial charge in [-0.3, -0.25) is 4.79 Å². The number of carbonyl (C=O) groups excluding carboxylic acids is 1. The zero-order chi connectivity index (χ0) is 27.2. The lowest BCUT2D eigenvalue weighted by Gasteiger charge is -2.23. The number of methoxy groups -OCH3 is 1. The van der Waals surface area contributed by atoms with Crippen LogP contribution in [0.1, 0.15) is 47.7 Å². The first kappa shape index (κ1) is 31.1. The Bertz CT molecular complexity index is 1120. The quantitative estimate of drug-likeness (QED) is 0.207. The van der Waals surface area contributed by atoms with Gasteiger partial charge >= 0.3 is 6.18 Å². The molecule has 1 amide bonds. The van der Waals surface area contributed by atoms with Crippen molar-refractivity contribution in [3.05, 3.63) is 72.6 Å². The number of halogens is 7. The molecule has 3 nitrogen and oxygen atoms in total. The first-order valence-corrected chi connectivity index (χ1v) is 13.2. The minimum Gasteiger partial charge on any atom is -0.382 e. The molecule has 2 aromatic rings. The highest BCUT2D eigenvalue weighted by Crippen LogP contribution is 2.41. The van der Waals surface area contributed by atoms with Gasteiger partial charge in [-0.15, -0.1) is 0 Å². The van der Waals surface area contributed by atoms with Gasteiger partial charge in [-0.05, 0) is 63.7 Å². The summed E-state index contributed by atoms with van der Waals surface area (Å²) in [7, 11) is 1.52. The second-order valence-electron chi connectivity index (χ2n) is 8.11. The second-order valence-corrected chi connectivity index (χ2v) is 10.6. The zero-order valence-electron chi connectivity index (χ0n) is 19.6. The molecule has 11 heteroatoms. The van der Waals surface area contributed by atoms with Gasteiger partial charge in [0.2, 0.25) is 0 Å². The first-order valence-electron chi connectivity index (χ1n) is 10.8. The predicted octanol–water partition coefficient (Wildman–Crippen LogP) is 8.93. The molecular formula is C25H24BrCl3F3NO2S. The van der Waals surface area contributed by atoms with E-state index >= 15 is 0 Å². The summed E-state index contributed by atoms with van der Waals surface area (Å²) in [5.74, 6) is -2.24. The van der Waals surface area contributed by atoms with E-state index in [0.29, 0.717) is 20.5 Å². The maximum absolute atomic E-state index is 13.8. The van der Waals surface area contributed by atoms with Gasteiger partial charge in [0, 0.05) is 16.4 Å². The number of thiocarbonyl (C=S) groups is 1. The van der Waals surface area contributed by atoms with E-state index in [4.69, 9.17) is 51.8 Å². The topological polar surface area (TPSA) is 38.3 Å². The molecular weight excluding hydrogens is 622 g/mol. The fraction of sp³-hybridized carbons (Fsp3) is 0.360. The van der Waals surface area contributed by atoms with Crippen LogP contribution in [0, 0.1) is 5.92 Å². The van der Waals surface area contributed by atoms with Crippen LogP contribution in [0.3, 0.4) is 0 Å². The van der Waals surface area contributed by atoms with Crippen molar-refractivity contribution in [1.82, 2.24) is 5.32 Å². The maximum atomic E-state index is 13.8. The van der Waals surface area contributed by atoms with Crippen LogP contribution in [0.2, 0.25) is 15.1 Å². The number of hydrogen-bond donors (Lipinski definition) is 1. The fourth-order valence-corrected chi connectivity index (χ4v) is 4.82. The summed E-state index contributed by atoms with van der Waals surface area (Å²) in [6.45, 7) is 4.21. The molecule has 0 saturated carbocycles. The molecule has 36 heavy (non-hydrogen) atoms. The summed E-state index contributed by atoms with van der Waals surface area (Å²) in [5, 5.41) is 2.73. The molecule has 0 aliphatic carbocycles. The Balaban J connectivity index is 2.29. The van der Waals surface area contributed by atoms with Crippen molar-refractivity contribution in [3.63, 3.8) is 0 Å². The average molecular weight is 646 g/mol. The van der Waals surface area contributed by atoms with E-state index in [1.54, 1.807) is 12.1 Å². The van der Waals surface area contributed by atoms with Gasteiger partial charge < -0.3 is 10.1 Å². The van der Waals surface area contributed by atoms with E-state index < -0.39 is 18.1 Å². The van der Waals surface area contributed by atoms with E-state index in [9.17, 15) is 18.0 Å². The Labute approximate surface area is 237 Å². The molecule has 0 heterocycles. The molecule has 0 aromatic heterocycles. The van der Waals surface area contributed by atoms with E-state index in [0.717, 1.165) is 24.6 Å². The Morgan fingerprint density at radius 1 is 1.19 bits per heavy atom. The van der Waals surface area contributed by atoms with Gasteiger partial charge in [-0.25, -0.2) is 0 Å². The average Bonchev–Trinajstić information content (AvgIpc) is 2.80. The summed E-state index contributed by atoms with van der Waals surface area (Å²) in [5.41, 5.74) is 0.612. The van der Waals surface area contributed by atoms with Gasteiger partial charge in [0.1, 0.15) is 0 Å². The SMILES string of the molecule is CCC(C)C(=S)C(COC)NC(=O)c1ccc(C=CC(c2cc(Cl)c(Cl)c(Cl)c2)C(F)(F)F)cc1Br. The highest BCUT2D eigenvalue weighted by molar-refractivity contribution is 9.10. The number of carbonyl (C=O) groups is 1. The van der Waals surface area contributed by atoms with Crippen molar-refractivity contribution in [1.29, 1.82) is 0 Å².